The van der Waals surface area contributed by atoms with E-state index < -0.39 is 11.7 Å². The second-order valence-corrected chi connectivity index (χ2v) is 3.50. The van der Waals surface area contributed by atoms with Crippen molar-refractivity contribution in [2.75, 3.05) is 0 Å². The minimum absolute atomic E-state index is 0.321. The first-order chi connectivity index (χ1) is 6.97. The van der Waals surface area contributed by atoms with E-state index in [1.807, 2.05) is 0 Å². The van der Waals surface area contributed by atoms with E-state index in [1.165, 1.54) is 18.3 Å². The fraction of sp³-hybridized carbons (Fsp3) is 0.100. The second kappa shape index (κ2) is 3.38. The molecule has 0 aliphatic rings. The SMILES string of the molecule is FC(F)(F)c1ccc2ncc(Cl)cc2c1. The first-order valence-electron chi connectivity index (χ1n) is 4.09. The van der Waals surface area contributed by atoms with E-state index in [1.54, 1.807) is 0 Å². The van der Waals surface area contributed by atoms with Crippen LogP contribution in [0.2, 0.25) is 5.02 Å². The Kier molecular flexibility index (Phi) is 2.31. The molecule has 0 saturated heterocycles. The molecule has 5 heteroatoms. The molecule has 0 atom stereocenters. The average molecular weight is 232 g/mol. The summed E-state index contributed by atoms with van der Waals surface area (Å²) in [5, 5.41) is 0.708. The highest BCUT2D eigenvalue weighted by molar-refractivity contribution is 6.31. The predicted molar refractivity (Wildman–Crippen MR) is 51.8 cm³/mol. The molecule has 0 fully saturated rings. The molecule has 2 rings (SSSR count). The highest BCUT2D eigenvalue weighted by atomic mass is 35.5. The lowest BCUT2D eigenvalue weighted by atomic mass is 10.1. The number of hydrogen-bond acceptors (Lipinski definition) is 1. The van der Waals surface area contributed by atoms with Gasteiger partial charge in [0.15, 0.2) is 0 Å². The highest BCUT2D eigenvalue weighted by Gasteiger charge is 2.30. The quantitative estimate of drug-likeness (QED) is 0.670. The lowest BCUT2D eigenvalue weighted by Crippen LogP contribution is -2.04. The molecule has 0 spiro atoms. The topological polar surface area (TPSA) is 12.9 Å². The van der Waals surface area contributed by atoms with E-state index >= 15 is 0 Å². The van der Waals surface area contributed by atoms with Gasteiger partial charge in [-0.2, -0.15) is 13.2 Å². The minimum atomic E-state index is -4.34. The van der Waals surface area contributed by atoms with Gasteiger partial charge in [-0.1, -0.05) is 11.6 Å². The molecular formula is C10H5ClF3N. The van der Waals surface area contributed by atoms with Crippen molar-refractivity contribution < 1.29 is 13.2 Å². The molecule has 0 saturated carbocycles. The van der Waals surface area contributed by atoms with Gasteiger partial charge in [0.05, 0.1) is 16.1 Å². The third-order valence-corrected chi connectivity index (χ3v) is 2.18. The Hall–Kier alpha value is -1.29. The lowest BCUT2D eigenvalue weighted by molar-refractivity contribution is -0.137. The summed E-state index contributed by atoms with van der Waals surface area (Å²) in [6.07, 6.45) is -2.94. The predicted octanol–water partition coefficient (Wildman–Crippen LogP) is 3.91. The number of alkyl halides is 3. The molecule has 0 unspecified atom stereocenters. The fourth-order valence-corrected chi connectivity index (χ4v) is 1.45. The van der Waals surface area contributed by atoms with Gasteiger partial charge in [-0.25, -0.2) is 0 Å². The van der Waals surface area contributed by atoms with Gasteiger partial charge in [0, 0.05) is 11.6 Å². The van der Waals surface area contributed by atoms with Gasteiger partial charge < -0.3 is 0 Å². The zero-order valence-electron chi connectivity index (χ0n) is 7.35. The minimum Gasteiger partial charge on any atom is -0.255 e. The largest absolute Gasteiger partial charge is 0.416 e. The number of pyridine rings is 1. The summed E-state index contributed by atoms with van der Waals surface area (Å²) in [7, 11) is 0. The number of hydrogen-bond donors (Lipinski definition) is 0. The van der Waals surface area contributed by atoms with Crippen molar-refractivity contribution in [1.29, 1.82) is 0 Å². The summed E-state index contributed by atoms with van der Waals surface area (Å²) in [6, 6.07) is 4.82. The lowest BCUT2D eigenvalue weighted by Gasteiger charge is -2.07. The molecule has 1 aromatic carbocycles. The molecule has 1 nitrogen and oxygen atoms in total. The zero-order valence-corrected chi connectivity index (χ0v) is 8.10. The maximum Gasteiger partial charge on any atom is 0.416 e. The van der Waals surface area contributed by atoms with Gasteiger partial charge in [0.2, 0.25) is 0 Å². The molecule has 0 amide bonds. The fourth-order valence-electron chi connectivity index (χ4n) is 1.28. The maximum atomic E-state index is 12.4. The first kappa shape index (κ1) is 10.2. The normalized spacial score (nSPS) is 12.0. The van der Waals surface area contributed by atoms with Crippen LogP contribution >= 0.6 is 11.6 Å². The number of benzene rings is 1. The summed E-state index contributed by atoms with van der Waals surface area (Å²) in [6.45, 7) is 0. The van der Waals surface area contributed by atoms with Gasteiger partial charge in [-0.3, -0.25) is 4.98 Å². The summed E-state index contributed by atoms with van der Waals surface area (Å²) in [5.41, 5.74) is -0.202. The van der Waals surface area contributed by atoms with Crippen molar-refractivity contribution in [2.45, 2.75) is 6.18 Å². The third kappa shape index (κ3) is 2.04. The van der Waals surface area contributed by atoms with Gasteiger partial charge >= 0.3 is 6.18 Å². The van der Waals surface area contributed by atoms with E-state index in [-0.39, 0.29) is 0 Å². The van der Waals surface area contributed by atoms with Gasteiger partial charge in [0.1, 0.15) is 0 Å². The number of halogens is 4. The molecular weight excluding hydrogens is 227 g/mol. The van der Waals surface area contributed by atoms with Gasteiger partial charge in [0.25, 0.3) is 0 Å². The number of aromatic nitrogens is 1. The first-order valence-corrected chi connectivity index (χ1v) is 4.47. The van der Waals surface area contributed by atoms with Crippen molar-refractivity contribution in [3.8, 4) is 0 Å². The molecule has 0 bridgehead atoms. The molecule has 0 N–H and O–H groups in total. The third-order valence-electron chi connectivity index (χ3n) is 1.98. The summed E-state index contributed by atoms with van der Waals surface area (Å²) >= 11 is 5.64. The van der Waals surface area contributed by atoms with Crippen LogP contribution in [0.4, 0.5) is 13.2 Å². The Morgan fingerprint density at radius 1 is 1.13 bits per heavy atom. The van der Waals surface area contributed by atoms with E-state index in [0.29, 0.717) is 15.9 Å². The van der Waals surface area contributed by atoms with Crippen LogP contribution in [-0.2, 0) is 6.18 Å². The highest BCUT2D eigenvalue weighted by Crippen LogP contribution is 2.31. The summed E-state index contributed by atoms with van der Waals surface area (Å²) in [4.78, 5) is 3.90. The van der Waals surface area contributed by atoms with Crippen LogP contribution in [0.5, 0.6) is 0 Å². The molecule has 78 valence electrons. The van der Waals surface area contributed by atoms with Crippen LogP contribution in [0.15, 0.2) is 30.5 Å². The van der Waals surface area contributed by atoms with Crippen molar-refractivity contribution in [1.82, 2.24) is 4.98 Å². The van der Waals surface area contributed by atoms with Crippen molar-refractivity contribution in [2.24, 2.45) is 0 Å². The molecule has 1 aromatic heterocycles. The number of nitrogens with zero attached hydrogens (tertiary/aromatic N) is 1. The van der Waals surface area contributed by atoms with Crippen LogP contribution in [0.25, 0.3) is 10.9 Å². The molecule has 0 aliphatic heterocycles. The molecule has 0 radical (unpaired) electrons. The Labute approximate surface area is 88.5 Å². The van der Waals surface area contributed by atoms with Crippen LogP contribution in [0.1, 0.15) is 5.56 Å². The number of fused-ring (bicyclic) bond motifs is 1. The van der Waals surface area contributed by atoms with Crippen molar-refractivity contribution in [3.05, 3.63) is 41.0 Å². The monoisotopic (exact) mass is 231 g/mol. The Balaban J connectivity index is 2.64. The standard InChI is InChI=1S/C10H5ClF3N/c11-8-4-6-3-7(10(12,13)14)1-2-9(6)15-5-8/h1-5H. The summed E-state index contributed by atoms with van der Waals surface area (Å²) in [5.74, 6) is 0. The van der Waals surface area contributed by atoms with E-state index in [2.05, 4.69) is 4.98 Å². The van der Waals surface area contributed by atoms with Crippen LogP contribution in [0.3, 0.4) is 0 Å². The zero-order chi connectivity index (χ0) is 11.1. The Morgan fingerprint density at radius 2 is 1.87 bits per heavy atom. The Morgan fingerprint density at radius 3 is 2.53 bits per heavy atom. The van der Waals surface area contributed by atoms with Gasteiger partial charge in [-0.05, 0) is 24.3 Å². The van der Waals surface area contributed by atoms with Crippen LogP contribution in [-0.4, -0.2) is 4.98 Å². The maximum absolute atomic E-state index is 12.4. The van der Waals surface area contributed by atoms with Crippen LogP contribution in [0, 0.1) is 0 Å². The molecule has 15 heavy (non-hydrogen) atoms. The summed E-state index contributed by atoms with van der Waals surface area (Å²) < 4.78 is 37.1. The van der Waals surface area contributed by atoms with E-state index in [9.17, 15) is 13.2 Å². The van der Waals surface area contributed by atoms with Crippen molar-refractivity contribution in [3.63, 3.8) is 0 Å². The van der Waals surface area contributed by atoms with E-state index in [4.69, 9.17) is 11.6 Å². The van der Waals surface area contributed by atoms with Crippen molar-refractivity contribution >= 4 is 22.5 Å². The number of rotatable bonds is 0. The molecule has 0 aliphatic carbocycles. The van der Waals surface area contributed by atoms with Crippen LogP contribution < -0.4 is 0 Å². The average Bonchev–Trinajstić information content (AvgIpc) is 2.15. The van der Waals surface area contributed by atoms with Gasteiger partial charge in [-0.15, -0.1) is 0 Å². The van der Waals surface area contributed by atoms with E-state index in [0.717, 1.165) is 12.1 Å². The molecule has 1 heterocycles. The smallest absolute Gasteiger partial charge is 0.255 e. The second-order valence-electron chi connectivity index (χ2n) is 3.06. The Bertz CT molecular complexity index is 507. The molecule has 2 aromatic rings.